The Balaban J connectivity index is 2.20. The fourth-order valence-corrected chi connectivity index (χ4v) is 2.28. The van der Waals surface area contributed by atoms with E-state index in [9.17, 15) is 0 Å². The van der Waals surface area contributed by atoms with Gasteiger partial charge in [0.2, 0.25) is 0 Å². The summed E-state index contributed by atoms with van der Waals surface area (Å²) in [6, 6.07) is 9.38. The van der Waals surface area contributed by atoms with Gasteiger partial charge in [-0.25, -0.2) is 4.98 Å². The van der Waals surface area contributed by atoms with Gasteiger partial charge in [0, 0.05) is 6.04 Å². The maximum absolute atomic E-state index is 6.02. The van der Waals surface area contributed by atoms with Crippen molar-refractivity contribution in [2.24, 2.45) is 0 Å². The van der Waals surface area contributed by atoms with Crippen LogP contribution in [0.5, 0.6) is 0 Å². The van der Waals surface area contributed by atoms with Crippen molar-refractivity contribution in [3.63, 3.8) is 0 Å². The molecule has 1 atom stereocenters. The van der Waals surface area contributed by atoms with Crippen molar-refractivity contribution in [2.75, 3.05) is 5.32 Å². The molecule has 0 bridgehead atoms. The van der Waals surface area contributed by atoms with Crippen LogP contribution in [-0.4, -0.2) is 4.98 Å². The highest BCUT2D eigenvalue weighted by molar-refractivity contribution is 6.42. The van der Waals surface area contributed by atoms with Crippen LogP contribution in [0.25, 0.3) is 0 Å². The number of aryl methyl sites for hydroxylation is 1. The molecule has 1 aromatic carbocycles. The van der Waals surface area contributed by atoms with Crippen LogP contribution in [0.2, 0.25) is 15.2 Å². The van der Waals surface area contributed by atoms with E-state index in [-0.39, 0.29) is 6.04 Å². The van der Waals surface area contributed by atoms with Crippen molar-refractivity contribution in [3.05, 3.63) is 56.8 Å². The summed E-state index contributed by atoms with van der Waals surface area (Å²) >= 11 is 17.8. The number of nitrogens with one attached hydrogen (secondary N) is 1. The first-order valence-corrected chi connectivity index (χ1v) is 6.95. The number of halogens is 3. The molecule has 1 aromatic heterocycles. The van der Waals surface area contributed by atoms with Gasteiger partial charge in [0.15, 0.2) is 0 Å². The highest BCUT2D eigenvalue weighted by atomic mass is 35.5. The molecule has 100 valence electrons. The zero-order chi connectivity index (χ0) is 14.0. The number of hydrogen-bond donors (Lipinski definition) is 1. The van der Waals surface area contributed by atoms with Crippen LogP contribution in [0.3, 0.4) is 0 Å². The fraction of sp³-hybridized carbons (Fsp3) is 0.214. The predicted molar refractivity (Wildman–Crippen MR) is 82.5 cm³/mol. The van der Waals surface area contributed by atoms with Gasteiger partial charge in [0.1, 0.15) is 5.15 Å². The Morgan fingerprint density at radius 2 is 1.79 bits per heavy atom. The van der Waals surface area contributed by atoms with E-state index in [1.54, 1.807) is 12.1 Å². The largest absolute Gasteiger partial charge is 0.377 e. The number of nitrogens with zero attached hydrogens (tertiary/aromatic N) is 1. The zero-order valence-corrected chi connectivity index (χ0v) is 12.8. The summed E-state index contributed by atoms with van der Waals surface area (Å²) in [6.45, 7) is 3.96. The second-order valence-corrected chi connectivity index (χ2v) is 5.51. The maximum atomic E-state index is 6.02. The summed E-state index contributed by atoms with van der Waals surface area (Å²) in [4.78, 5) is 4.21. The summed E-state index contributed by atoms with van der Waals surface area (Å²) in [7, 11) is 0. The highest BCUT2D eigenvalue weighted by Crippen LogP contribution is 2.28. The number of anilines is 1. The lowest BCUT2D eigenvalue weighted by Gasteiger charge is -2.17. The second-order valence-electron chi connectivity index (χ2n) is 4.31. The average Bonchev–Trinajstić information content (AvgIpc) is 2.36. The summed E-state index contributed by atoms with van der Waals surface area (Å²) in [5.41, 5.74) is 2.87. The van der Waals surface area contributed by atoms with Gasteiger partial charge in [-0.15, -0.1) is 0 Å². The smallest absolute Gasteiger partial charge is 0.129 e. The standard InChI is InChI=1S/C14H13Cl3N2/c1-8(10-3-4-11(15)12(16)7-10)18-13-5-6-14(17)19-9(13)2/h3-8,18H,1-2H3. The van der Waals surface area contributed by atoms with Crippen molar-refractivity contribution < 1.29 is 0 Å². The molecule has 0 amide bonds. The van der Waals surface area contributed by atoms with E-state index in [2.05, 4.69) is 10.3 Å². The van der Waals surface area contributed by atoms with E-state index in [1.807, 2.05) is 32.0 Å². The molecule has 19 heavy (non-hydrogen) atoms. The highest BCUT2D eigenvalue weighted by Gasteiger charge is 2.09. The van der Waals surface area contributed by atoms with E-state index in [0.29, 0.717) is 15.2 Å². The lowest BCUT2D eigenvalue weighted by atomic mass is 10.1. The molecule has 1 heterocycles. The van der Waals surface area contributed by atoms with Crippen molar-refractivity contribution in [1.29, 1.82) is 0 Å². The quantitative estimate of drug-likeness (QED) is 0.754. The molecule has 1 N–H and O–H groups in total. The molecular weight excluding hydrogens is 303 g/mol. The molecular formula is C14H13Cl3N2. The van der Waals surface area contributed by atoms with Crippen molar-refractivity contribution in [1.82, 2.24) is 4.98 Å². The first kappa shape index (κ1) is 14.4. The molecule has 0 aliphatic carbocycles. The molecule has 0 aliphatic rings. The molecule has 2 rings (SSSR count). The minimum atomic E-state index is 0.0939. The van der Waals surface area contributed by atoms with Gasteiger partial charge < -0.3 is 5.32 Å². The summed E-state index contributed by atoms with van der Waals surface area (Å²) in [6.07, 6.45) is 0. The van der Waals surface area contributed by atoms with Gasteiger partial charge in [-0.2, -0.15) is 0 Å². The van der Waals surface area contributed by atoms with E-state index >= 15 is 0 Å². The minimum absolute atomic E-state index is 0.0939. The number of benzene rings is 1. The molecule has 5 heteroatoms. The molecule has 1 unspecified atom stereocenters. The Labute approximate surface area is 127 Å². The number of rotatable bonds is 3. The normalized spacial score (nSPS) is 12.3. The molecule has 0 radical (unpaired) electrons. The average molecular weight is 316 g/mol. The lowest BCUT2D eigenvalue weighted by molar-refractivity contribution is 0.879. The Morgan fingerprint density at radius 1 is 1.05 bits per heavy atom. The number of pyridine rings is 1. The van der Waals surface area contributed by atoms with Crippen LogP contribution in [0, 0.1) is 6.92 Å². The molecule has 0 spiro atoms. The monoisotopic (exact) mass is 314 g/mol. The van der Waals surface area contributed by atoms with Crippen LogP contribution in [0.1, 0.15) is 24.2 Å². The van der Waals surface area contributed by atoms with Crippen LogP contribution >= 0.6 is 34.8 Å². The summed E-state index contributed by atoms with van der Waals surface area (Å²) in [5, 5.41) is 4.98. The Bertz CT molecular complexity index is 599. The van der Waals surface area contributed by atoms with E-state index in [1.165, 1.54) is 0 Å². The van der Waals surface area contributed by atoms with E-state index in [4.69, 9.17) is 34.8 Å². The van der Waals surface area contributed by atoms with Gasteiger partial charge >= 0.3 is 0 Å². The van der Waals surface area contributed by atoms with Crippen LogP contribution < -0.4 is 5.32 Å². The zero-order valence-electron chi connectivity index (χ0n) is 10.5. The first-order chi connectivity index (χ1) is 8.97. The fourth-order valence-electron chi connectivity index (χ4n) is 1.78. The number of hydrogen-bond acceptors (Lipinski definition) is 2. The van der Waals surface area contributed by atoms with Crippen molar-refractivity contribution in [2.45, 2.75) is 19.9 Å². The Morgan fingerprint density at radius 3 is 2.42 bits per heavy atom. The molecule has 0 aliphatic heterocycles. The third-order valence-corrected chi connectivity index (χ3v) is 3.82. The molecule has 0 fully saturated rings. The molecule has 2 aromatic rings. The maximum Gasteiger partial charge on any atom is 0.129 e. The van der Waals surface area contributed by atoms with E-state index < -0.39 is 0 Å². The molecule has 0 saturated heterocycles. The third kappa shape index (κ3) is 3.53. The first-order valence-electron chi connectivity index (χ1n) is 5.82. The Hall–Kier alpha value is -0.960. The minimum Gasteiger partial charge on any atom is -0.377 e. The van der Waals surface area contributed by atoms with Gasteiger partial charge in [-0.3, -0.25) is 0 Å². The van der Waals surface area contributed by atoms with E-state index in [0.717, 1.165) is 16.9 Å². The van der Waals surface area contributed by atoms with Gasteiger partial charge in [-0.05, 0) is 43.7 Å². The topological polar surface area (TPSA) is 24.9 Å². The predicted octanol–water partition coefficient (Wildman–Crippen LogP) is 5.52. The summed E-state index contributed by atoms with van der Waals surface area (Å²) in [5.74, 6) is 0. The van der Waals surface area contributed by atoms with Crippen molar-refractivity contribution in [3.8, 4) is 0 Å². The van der Waals surface area contributed by atoms with Crippen molar-refractivity contribution >= 4 is 40.5 Å². The third-order valence-electron chi connectivity index (χ3n) is 2.87. The van der Waals surface area contributed by atoms with Gasteiger partial charge in [-0.1, -0.05) is 40.9 Å². The summed E-state index contributed by atoms with van der Waals surface area (Å²) < 4.78 is 0. The van der Waals surface area contributed by atoms with Gasteiger partial charge in [0.05, 0.1) is 21.4 Å². The SMILES string of the molecule is Cc1nc(Cl)ccc1NC(C)c1ccc(Cl)c(Cl)c1. The molecule has 2 nitrogen and oxygen atoms in total. The van der Waals surface area contributed by atoms with Crippen LogP contribution in [0.4, 0.5) is 5.69 Å². The Kier molecular flexibility index (Phi) is 4.56. The second kappa shape index (κ2) is 6.00. The van der Waals surface area contributed by atoms with Crippen LogP contribution in [-0.2, 0) is 0 Å². The number of aromatic nitrogens is 1. The van der Waals surface area contributed by atoms with Gasteiger partial charge in [0.25, 0.3) is 0 Å². The lowest BCUT2D eigenvalue weighted by Crippen LogP contribution is -2.08. The van der Waals surface area contributed by atoms with Crippen LogP contribution in [0.15, 0.2) is 30.3 Å². The molecule has 0 saturated carbocycles.